The summed E-state index contributed by atoms with van der Waals surface area (Å²) in [5.41, 5.74) is 5.19. The van der Waals surface area contributed by atoms with E-state index in [1.54, 1.807) is 0 Å². The molecular formula is C18H18N2O. The normalized spacial score (nSPS) is 10.8. The van der Waals surface area contributed by atoms with Crippen LogP contribution in [0.5, 0.6) is 0 Å². The Kier molecular flexibility index (Phi) is 3.48. The van der Waals surface area contributed by atoms with Crippen LogP contribution in [-0.4, -0.2) is 10.9 Å². The van der Waals surface area contributed by atoms with Crippen molar-refractivity contribution in [3.05, 3.63) is 65.4 Å². The van der Waals surface area contributed by atoms with Gasteiger partial charge in [0, 0.05) is 22.8 Å². The highest BCUT2D eigenvalue weighted by molar-refractivity contribution is 5.96. The number of H-pyrrole nitrogens is 1. The maximum atomic E-state index is 12.3. The minimum atomic E-state index is 0.00783. The average Bonchev–Trinajstić information content (AvgIpc) is 2.86. The van der Waals surface area contributed by atoms with E-state index in [2.05, 4.69) is 10.3 Å². The van der Waals surface area contributed by atoms with Crippen LogP contribution in [0, 0.1) is 13.8 Å². The molecule has 1 heterocycles. The molecule has 1 aromatic heterocycles. The minimum absolute atomic E-state index is 0.00783. The Morgan fingerprint density at radius 3 is 2.81 bits per heavy atom. The van der Waals surface area contributed by atoms with Crippen molar-refractivity contribution in [3.8, 4) is 0 Å². The topological polar surface area (TPSA) is 44.9 Å². The van der Waals surface area contributed by atoms with Gasteiger partial charge in [0.15, 0.2) is 0 Å². The summed E-state index contributed by atoms with van der Waals surface area (Å²) < 4.78 is 0. The molecular weight excluding hydrogens is 260 g/mol. The SMILES string of the molecule is Cc1ccc(C)c(NC(=O)Cc2c[nH]c3ccccc23)c1. The third-order valence-electron chi connectivity index (χ3n) is 3.69. The summed E-state index contributed by atoms with van der Waals surface area (Å²) in [4.78, 5) is 15.5. The zero-order valence-corrected chi connectivity index (χ0v) is 12.2. The number of carbonyl (C=O) groups is 1. The zero-order chi connectivity index (χ0) is 14.8. The van der Waals surface area contributed by atoms with E-state index in [0.29, 0.717) is 6.42 Å². The molecule has 21 heavy (non-hydrogen) atoms. The molecule has 0 bridgehead atoms. The average molecular weight is 278 g/mol. The Balaban J connectivity index is 1.79. The van der Waals surface area contributed by atoms with Gasteiger partial charge in [-0.05, 0) is 42.7 Å². The van der Waals surface area contributed by atoms with Crippen LogP contribution in [0.25, 0.3) is 10.9 Å². The monoisotopic (exact) mass is 278 g/mol. The van der Waals surface area contributed by atoms with E-state index >= 15 is 0 Å². The molecule has 0 unspecified atom stereocenters. The molecule has 0 aliphatic carbocycles. The lowest BCUT2D eigenvalue weighted by Gasteiger charge is -2.09. The summed E-state index contributed by atoms with van der Waals surface area (Å²) >= 11 is 0. The lowest BCUT2D eigenvalue weighted by atomic mass is 10.1. The summed E-state index contributed by atoms with van der Waals surface area (Å²) in [5.74, 6) is 0.00783. The number of rotatable bonds is 3. The van der Waals surface area contributed by atoms with Gasteiger partial charge in [0.05, 0.1) is 6.42 Å². The van der Waals surface area contributed by atoms with Gasteiger partial charge in [-0.3, -0.25) is 4.79 Å². The first kappa shape index (κ1) is 13.4. The van der Waals surface area contributed by atoms with Crippen LogP contribution in [0.1, 0.15) is 16.7 Å². The van der Waals surface area contributed by atoms with Gasteiger partial charge in [0.1, 0.15) is 0 Å². The molecule has 1 amide bonds. The van der Waals surface area contributed by atoms with Gasteiger partial charge in [0.25, 0.3) is 0 Å². The van der Waals surface area contributed by atoms with Crippen molar-refractivity contribution in [3.63, 3.8) is 0 Å². The number of hydrogen-bond acceptors (Lipinski definition) is 1. The number of aromatic amines is 1. The quantitative estimate of drug-likeness (QED) is 0.748. The van der Waals surface area contributed by atoms with Gasteiger partial charge in [-0.2, -0.15) is 0 Å². The fourth-order valence-corrected chi connectivity index (χ4v) is 2.52. The van der Waals surface area contributed by atoms with Crippen molar-refractivity contribution < 1.29 is 4.79 Å². The van der Waals surface area contributed by atoms with Crippen LogP contribution >= 0.6 is 0 Å². The van der Waals surface area contributed by atoms with E-state index in [9.17, 15) is 4.79 Å². The third kappa shape index (κ3) is 2.82. The van der Waals surface area contributed by atoms with Crippen molar-refractivity contribution in [2.24, 2.45) is 0 Å². The lowest BCUT2D eigenvalue weighted by molar-refractivity contribution is -0.115. The molecule has 3 heteroatoms. The van der Waals surface area contributed by atoms with Crippen LogP contribution in [0.3, 0.4) is 0 Å². The molecule has 3 aromatic rings. The van der Waals surface area contributed by atoms with Crippen molar-refractivity contribution in [2.75, 3.05) is 5.32 Å². The Bertz CT molecular complexity index is 802. The molecule has 0 radical (unpaired) electrons. The molecule has 0 aliphatic rings. The summed E-state index contributed by atoms with van der Waals surface area (Å²) in [6.45, 7) is 4.02. The molecule has 0 saturated heterocycles. The summed E-state index contributed by atoms with van der Waals surface area (Å²) in [6.07, 6.45) is 2.28. The van der Waals surface area contributed by atoms with E-state index in [-0.39, 0.29) is 5.91 Å². The largest absolute Gasteiger partial charge is 0.361 e. The molecule has 2 N–H and O–H groups in total. The molecule has 0 saturated carbocycles. The first-order valence-electron chi connectivity index (χ1n) is 7.05. The smallest absolute Gasteiger partial charge is 0.228 e. The van der Waals surface area contributed by atoms with E-state index in [1.807, 2.05) is 62.5 Å². The van der Waals surface area contributed by atoms with Crippen molar-refractivity contribution in [1.29, 1.82) is 0 Å². The Labute approximate surface area is 124 Å². The number of anilines is 1. The Morgan fingerprint density at radius 2 is 1.95 bits per heavy atom. The highest BCUT2D eigenvalue weighted by Crippen LogP contribution is 2.20. The molecule has 0 atom stereocenters. The van der Waals surface area contributed by atoms with Crippen molar-refractivity contribution in [2.45, 2.75) is 20.3 Å². The van der Waals surface area contributed by atoms with Crippen LogP contribution in [0.15, 0.2) is 48.7 Å². The standard InChI is InChI=1S/C18H18N2O/c1-12-7-8-13(2)17(9-12)20-18(21)10-14-11-19-16-6-4-3-5-15(14)16/h3-9,11,19H,10H2,1-2H3,(H,20,21). The summed E-state index contributed by atoms with van der Waals surface area (Å²) in [5, 5.41) is 4.11. The second kappa shape index (κ2) is 5.44. The van der Waals surface area contributed by atoms with Crippen LogP contribution in [0.2, 0.25) is 0 Å². The maximum absolute atomic E-state index is 12.3. The maximum Gasteiger partial charge on any atom is 0.228 e. The van der Waals surface area contributed by atoms with E-state index < -0.39 is 0 Å². The van der Waals surface area contributed by atoms with Crippen LogP contribution in [0.4, 0.5) is 5.69 Å². The van der Waals surface area contributed by atoms with E-state index in [0.717, 1.165) is 33.3 Å². The molecule has 3 rings (SSSR count). The van der Waals surface area contributed by atoms with Gasteiger partial charge >= 0.3 is 0 Å². The number of aryl methyl sites for hydroxylation is 2. The predicted molar refractivity (Wildman–Crippen MR) is 86.5 cm³/mol. The number of carbonyl (C=O) groups excluding carboxylic acids is 1. The molecule has 3 nitrogen and oxygen atoms in total. The van der Waals surface area contributed by atoms with Crippen LogP contribution in [-0.2, 0) is 11.2 Å². The van der Waals surface area contributed by atoms with E-state index in [1.165, 1.54) is 0 Å². The van der Waals surface area contributed by atoms with Gasteiger partial charge in [-0.1, -0.05) is 30.3 Å². The van der Waals surface area contributed by atoms with Gasteiger partial charge in [-0.25, -0.2) is 0 Å². The number of para-hydroxylation sites is 1. The lowest BCUT2D eigenvalue weighted by Crippen LogP contribution is -2.15. The highest BCUT2D eigenvalue weighted by Gasteiger charge is 2.09. The Morgan fingerprint density at radius 1 is 1.14 bits per heavy atom. The van der Waals surface area contributed by atoms with Gasteiger partial charge in [-0.15, -0.1) is 0 Å². The number of hydrogen-bond donors (Lipinski definition) is 2. The third-order valence-corrected chi connectivity index (χ3v) is 3.69. The number of amides is 1. The highest BCUT2D eigenvalue weighted by atomic mass is 16.1. The predicted octanol–water partition coefficient (Wildman–Crippen LogP) is 3.97. The second-order valence-electron chi connectivity index (χ2n) is 5.40. The minimum Gasteiger partial charge on any atom is -0.361 e. The number of benzene rings is 2. The zero-order valence-electron chi connectivity index (χ0n) is 12.2. The first-order valence-corrected chi connectivity index (χ1v) is 7.05. The summed E-state index contributed by atoms with van der Waals surface area (Å²) in [6, 6.07) is 14.1. The van der Waals surface area contributed by atoms with Gasteiger partial charge in [0.2, 0.25) is 5.91 Å². The number of nitrogens with one attached hydrogen (secondary N) is 2. The number of fused-ring (bicyclic) bond motifs is 1. The number of aromatic nitrogens is 1. The summed E-state index contributed by atoms with van der Waals surface area (Å²) in [7, 11) is 0. The fraction of sp³-hybridized carbons (Fsp3) is 0.167. The second-order valence-corrected chi connectivity index (χ2v) is 5.40. The van der Waals surface area contributed by atoms with Gasteiger partial charge < -0.3 is 10.3 Å². The van der Waals surface area contributed by atoms with E-state index in [4.69, 9.17) is 0 Å². The molecule has 0 fully saturated rings. The molecule has 2 aromatic carbocycles. The molecule has 0 aliphatic heterocycles. The Hall–Kier alpha value is -2.55. The first-order chi connectivity index (χ1) is 10.1. The molecule has 106 valence electrons. The molecule has 0 spiro atoms. The van der Waals surface area contributed by atoms with Crippen molar-refractivity contribution in [1.82, 2.24) is 4.98 Å². The van der Waals surface area contributed by atoms with Crippen LogP contribution < -0.4 is 5.32 Å². The van der Waals surface area contributed by atoms with Crippen molar-refractivity contribution >= 4 is 22.5 Å². The fourth-order valence-electron chi connectivity index (χ4n) is 2.52.